The first-order chi connectivity index (χ1) is 16.0. The van der Waals surface area contributed by atoms with Gasteiger partial charge >= 0.3 is 5.91 Å². The third-order valence-corrected chi connectivity index (χ3v) is 5.43. The number of furan rings is 1. The molecule has 172 valence electrons. The van der Waals surface area contributed by atoms with E-state index in [-0.39, 0.29) is 18.3 Å². The molecule has 0 unspecified atom stereocenters. The van der Waals surface area contributed by atoms with E-state index in [9.17, 15) is 9.59 Å². The second-order valence-electron chi connectivity index (χ2n) is 7.19. The van der Waals surface area contributed by atoms with Gasteiger partial charge in [0.25, 0.3) is 5.91 Å². The van der Waals surface area contributed by atoms with E-state index in [2.05, 4.69) is 26.5 Å². The van der Waals surface area contributed by atoms with Crippen LogP contribution >= 0.6 is 15.9 Å². The Kier molecular flexibility index (Phi) is 7.26. The molecule has 1 aliphatic rings. The zero-order chi connectivity index (χ0) is 23.2. The zero-order valence-corrected chi connectivity index (χ0v) is 19.5. The molecule has 9 nitrogen and oxygen atoms in total. The van der Waals surface area contributed by atoms with Crippen LogP contribution in [0, 0.1) is 0 Å². The van der Waals surface area contributed by atoms with Gasteiger partial charge in [-0.3, -0.25) is 9.59 Å². The number of hydrazone groups is 1. The fraction of sp³-hybridized carbons (Fsp3) is 0.261. The summed E-state index contributed by atoms with van der Waals surface area (Å²) >= 11 is 3.40. The van der Waals surface area contributed by atoms with Crippen LogP contribution in [0.3, 0.4) is 0 Å². The average Bonchev–Trinajstić information content (AvgIpc) is 3.27. The number of carbonyl (C=O) groups excluding carboxylic acids is 2. The lowest BCUT2D eigenvalue weighted by atomic mass is 10.2. The Morgan fingerprint density at radius 3 is 2.67 bits per heavy atom. The standard InChI is InChI=1S/C23H22BrN3O6/c1-30-19-12-17(24)10-16-11-20(33-22(16)19)23(29)26-25-13-15-2-4-18(5-3-15)32-14-21(28)27-6-8-31-9-7-27/h2-5,10-13H,6-9,14H2,1H3,(H,26,29)/b25-13-. The largest absolute Gasteiger partial charge is 0.493 e. The number of carbonyl (C=O) groups is 2. The fourth-order valence-corrected chi connectivity index (χ4v) is 3.72. The highest BCUT2D eigenvalue weighted by atomic mass is 79.9. The number of rotatable bonds is 7. The van der Waals surface area contributed by atoms with Gasteiger partial charge in [0.05, 0.1) is 26.5 Å². The highest BCUT2D eigenvalue weighted by Crippen LogP contribution is 2.32. The predicted octanol–water partition coefficient (Wildman–Crippen LogP) is 3.21. The van der Waals surface area contributed by atoms with E-state index in [1.807, 2.05) is 6.07 Å². The van der Waals surface area contributed by atoms with Crippen LogP contribution in [0.5, 0.6) is 11.5 Å². The minimum atomic E-state index is -0.484. The van der Waals surface area contributed by atoms with Crippen LogP contribution in [0.25, 0.3) is 11.0 Å². The first-order valence-corrected chi connectivity index (χ1v) is 11.0. The van der Waals surface area contributed by atoms with E-state index in [0.29, 0.717) is 43.4 Å². The molecule has 2 aromatic carbocycles. The van der Waals surface area contributed by atoms with Gasteiger partial charge in [-0.2, -0.15) is 5.10 Å². The van der Waals surface area contributed by atoms with Crippen molar-refractivity contribution in [2.75, 3.05) is 40.0 Å². The quantitative estimate of drug-likeness (QED) is 0.382. The molecule has 3 aromatic rings. The summed E-state index contributed by atoms with van der Waals surface area (Å²) < 4.78 is 22.5. The van der Waals surface area contributed by atoms with Crippen molar-refractivity contribution in [2.24, 2.45) is 5.10 Å². The summed E-state index contributed by atoms with van der Waals surface area (Å²) in [5, 5.41) is 4.71. The van der Waals surface area contributed by atoms with Crippen molar-refractivity contribution in [3.05, 3.63) is 58.3 Å². The first kappa shape index (κ1) is 22.8. The number of halogens is 1. The van der Waals surface area contributed by atoms with Gasteiger partial charge in [0.2, 0.25) is 0 Å². The maximum Gasteiger partial charge on any atom is 0.307 e. The molecule has 1 aliphatic heterocycles. The van der Waals surface area contributed by atoms with Crippen LogP contribution in [0.4, 0.5) is 0 Å². The Bertz CT molecular complexity index is 1170. The molecule has 4 rings (SSSR count). The SMILES string of the molecule is COc1cc(Br)cc2cc(C(=O)N/N=C\c3ccc(OCC(=O)N4CCOCC4)cc3)oc12. The summed E-state index contributed by atoms with van der Waals surface area (Å²) in [6, 6.07) is 12.2. The van der Waals surface area contributed by atoms with Crippen molar-refractivity contribution in [2.45, 2.75) is 0 Å². The predicted molar refractivity (Wildman–Crippen MR) is 125 cm³/mol. The molecule has 10 heteroatoms. The van der Waals surface area contributed by atoms with E-state index < -0.39 is 5.91 Å². The molecule has 0 aliphatic carbocycles. The summed E-state index contributed by atoms with van der Waals surface area (Å²) in [7, 11) is 1.53. The Balaban J connectivity index is 1.30. The van der Waals surface area contributed by atoms with Crippen LogP contribution in [0.1, 0.15) is 16.1 Å². The molecule has 33 heavy (non-hydrogen) atoms. The highest BCUT2D eigenvalue weighted by Gasteiger charge is 2.17. The Labute approximate surface area is 198 Å². The normalized spacial score (nSPS) is 13.9. The van der Waals surface area contributed by atoms with Crippen molar-refractivity contribution in [3.63, 3.8) is 0 Å². The minimum Gasteiger partial charge on any atom is -0.493 e. The number of nitrogens with one attached hydrogen (secondary N) is 1. The molecule has 1 aromatic heterocycles. The lowest BCUT2D eigenvalue weighted by Gasteiger charge is -2.26. The van der Waals surface area contributed by atoms with Gasteiger partial charge in [-0.25, -0.2) is 5.43 Å². The number of amides is 2. The van der Waals surface area contributed by atoms with E-state index in [0.717, 1.165) is 15.4 Å². The highest BCUT2D eigenvalue weighted by molar-refractivity contribution is 9.10. The van der Waals surface area contributed by atoms with Crippen molar-refractivity contribution in [1.29, 1.82) is 0 Å². The van der Waals surface area contributed by atoms with Crippen LogP contribution in [-0.4, -0.2) is 62.9 Å². The first-order valence-electron chi connectivity index (χ1n) is 10.2. The van der Waals surface area contributed by atoms with Crippen molar-refractivity contribution in [1.82, 2.24) is 10.3 Å². The van der Waals surface area contributed by atoms with Crippen molar-refractivity contribution >= 4 is 44.9 Å². The van der Waals surface area contributed by atoms with Crippen molar-refractivity contribution < 1.29 is 28.2 Å². The summed E-state index contributed by atoms with van der Waals surface area (Å²) in [6.45, 7) is 2.25. The molecular formula is C23H22BrN3O6. The molecule has 1 N–H and O–H groups in total. The van der Waals surface area contributed by atoms with Crippen LogP contribution < -0.4 is 14.9 Å². The summed E-state index contributed by atoms with van der Waals surface area (Å²) in [5.74, 6) is 0.660. The number of benzene rings is 2. The Morgan fingerprint density at radius 1 is 1.18 bits per heavy atom. The number of hydrogen-bond acceptors (Lipinski definition) is 7. The minimum absolute atomic E-state index is 0.0254. The molecule has 0 saturated carbocycles. The number of ether oxygens (including phenoxy) is 3. The van der Waals surface area contributed by atoms with E-state index in [1.165, 1.54) is 13.3 Å². The van der Waals surface area contributed by atoms with Gasteiger partial charge in [-0.15, -0.1) is 0 Å². The Morgan fingerprint density at radius 2 is 1.94 bits per heavy atom. The molecule has 0 bridgehead atoms. The molecule has 0 radical (unpaired) electrons. The molecule has 1 fully saturated rings. The van der Waals surface area contributed by atoms with Crippen LogP contribution in [-0.2, 0) is 9.53 Å². The maximum atomic E-state index is 12.4. The number of hydrogen-bond donors (Lipinski definition) is 1. The van der Waals surface area contributed by atoms with Gasteiger partial charge in [0.1, 0.15) is 5.75 Å². The molecule has 0 atom stereocenters. The third-order valence-electron chi connectivity index (χ3n) is 4.98. The molecule has 0 spiro atoms. The second kappa shape index (κ2) is 10.5. The number of nitrogens with zero attached hydrogens (tertiary/aromatic N) is 2. The van der Waals surface area contributed by atoms with Gasteiger partial charge < -0.3 is 23.5 Å². The molecule has 1 saturated heterocycles. The average molecular weight is 516 g/mol. The smallest absolute Gasteiger partial charge is 0.307 e. The summed E-state index contributed by atoms with van der Waals surface area (Å²) in [5.41, 5.74) is 3.68. The zero-order valence-electron chi connectivity index (χ0n) is 17.9. The molecular weight excluding hydrogens is 494 g/mol. The molecule has 2 heterocycles. The fourth-order valence-electron chi connectivity index (χ4n) is 3.27. The number of fused-ring (bicyclic) bond motifs is 1. The maximum absolute atomic E-state index is 12.4. The lowest BCUT2D eigenvalue weighted by Crippen LogP contribution is -2.42. The van der Waals surface area contributed by atoms with E-state index >= 15 is 0 Å². The molecule has 2 amide bonds. The van der Waals surface area contributed by atoms with Crippen molar-refractivity contribution in [3.8, 4) is 11.5 Å². The number of methoxy groups -OCH3 is 1. The Hall–Kier alpha value is -3.37. The van der Waals surface area contributed by atoms with Gasteiger partial charge in [0, 0.05) is 22.9 Å². The van der Waals surface area contributed by atoms with E-state index in [1.54, 1.807) is 41.3 Å². The van der Waals surface area contributed by atoms with Gasteiger partial charge in [-0.05, 0) is 48.0 Å². The van der Waals surface area contributed by atoms with Gasteiger partial charge in [0.15, 0.2) is 23.7 Å². The lowest BCUT2D eigenvalue weighted by molar-refractivity contribution is -0.137. The third kappa shape index (κ3) is 5.71. The monoisotopic (exact) mass is 515 g/mol. The topological polar surface area (TPSA) is 103 Å². The van der Waals surface area contributed by atoms with Crippen LogP contribution in [0.2, 0.25) is 0 Å². The number of morpholine rings is 1. The summed E-state index contributed by atoms with van der Waals surface area (Å²) in [4.78, 5) is 26.3. The van der Waals surface area contributed by atoms with Crippen LogP contribution in [0.15, 0.2) is 56.5 Å². The second-order valence-corrected chi connectivity index (χ2v) is 8.10. The summed E-state index contributed by atoms with van der Waals surface area (Å²) in [6.07, 6.45) is 1.50. The van der Waals surface area contributed by atoms with E-state index in [4.69, 9.17) is 18.6 Å². The van der Waals surface area contributed by atoms with Gasteiger partial charge in [-0.1, -0.05) is 15.9 Å².